The van der Waals surface area contributed by atoms with E-state index in [1.807, 2.05) is 0 Å². The lowest BCUT2D eigenvalue weighted by atomic mass is 9.83. The van der Waals surface area contributed by atoms with E-state index < -0.39 is 0 Å². The van der Waals surface area contributed by atoms with Crippen LogP contribution in [-0.4, -0.2) is 37.2 Å². The molecule has 2 atom stereocenters. The van der Waals surface area contributed by atoms with E-state index in [0.29, 0.717) is 6.04 Å². The Balaban J connectivity index is 1.87. The Bertz CT molecular complexity index is 241. The summed E-state index contributed by atoms with van der Waals surface area (Å²) in [6.45, 7) is 0.966. The smallest absolute Gasteiger partial charge is 0.308 e. The summed E-state index contributed by atoms with van der Waals surface area (Å²) in [6.07, 6.45) is 4.51. The number of esters is 1. The lowest BCUT2D eigenvalue weighted by Crippen LogP contribution is -2.45. The van der Waals surface area contributed by atoms with Crippen molar-refractivity contribution in [3.05, 3.63) is 0 Å². The SMILES string of the molecule is COC(=O)C1CCNC(C2CCSCC2)C1. The summed E-state index contributed by atoms with van der Waals surface area (Å²) in [5.41, 5.74) is 0. The minimum absolute atomic E-state index is 0.0170. The predicted octanol–water partition coefficient (Wildman–Crippen LogP) is 1.67. The van der Waals surface area contributed by atoms with Gasteiger partial charge in [-0.2, -0.15) is 11.8 Å². The van der Waals surface area contributed by atoms with Crippen molar-refractivity contribution in [2.45, 2.75) is 31.7 Å². The van der Waals surface area contributed by atoms with E-state index in [1.165, 1.54) is 31.5 Å². The van der Waals surface area contributed by atoms with Gasteiger partial charge in [0, 0.05) is 6.04 Å². The van der Waals surface area contributed by atoms with Crippen LogP contribution in [0, 0.1) is 11.8 Å². The number of hydrogen-bond acceptors (Lipinski definition) is 4. The lowest BCUT2D eigenvalue weighted by molar-refractivity contribution is -0.146. The molecule has 2 unspecified atom stereocenters. The fraction of sp³-hybridized carbons (Fsp3) is 0.917. The van der Waals surface area contributed by atoms with Gasteiger partial charge in [-0.3, -0.25) is 4.79 Å². The third-order valence-electron chi connectivity index (χ3n) is 3.81. The first-order valence-corrected chi connectivity index (χ1v) is 7.35. The molecule has 1 N–H and O–H groups in total. The van der Waals surface area contributed by atoms with E-state index in [1.54, 1.807) is 0 Å². The highest BCUT2D eigenvalue weighted by Crippen LogP contribution is 2.30. The molecule has 2 rings (SSSR count). The van der Waals surface area contributed by atoms with Crippen molar-refractivity contribution in [1.82, 2.24) is 5.32 Å². The monoisotopic (exact) mass is 243 g/mol. The van der Waals surface area contributed by atoms with Crippen LogP contribution in [0.3, 0.4) is 0 Å². The van der Waals surface area contributed by atoms with Crippen molar-refractivity contribution in [3.8, 4) is 0 Å². The number of carbonyl (C=O) groups excluding carboxylic acids is 1. The van der Waals surface area contributed by atoms with Gasteiger partial charge in [-0.05, 0) is 49.7 Å². The lowest BCUT2D eigenvalue weighted by Gasteiger charge is -2.36. The normalized spacial score (nSPS) is 32.3. The molecular weight excluding hydrogens is 222 g/mol. The third kappa shape index (κ3) is 2.92. The Hall–Kier alpha value is -0.220. The first-order valence-electron chi connectivity index (χ1n) is 6.20. The summed E-state index contributed by atoms with van der Waals surface area (Å²) in [4.78, 5) is 11.5. The van der Waals surface area contributed by atoms with Crippen LogP contribution in [0.4, 0.5) is 0 Å². The van der Waals surface area contributed by atoms with Crippen LogP contribution in [0.15, 0.2) is 0 Å². The van der Waals surface area contributed by atoms with Crippen molar-refractivity contribution >= 4 is 17.7 Å². The zero-order valence-corrected chi connectivity index (χ0v) is 10.7. The van der Waals surface area contributed by atoms with Crippen LogP contribution in [0.5, 0.6) is 0 Å². The molecule has 0 aromatic rings. The van der Waals surface area contributed by atoms with Gasteiger partial charge in [0.1, 0.15) is 0 Å². The van der Waals surface area contributed by atoms with Crippen LogP contribution >= 0.6 is 11.8 Å². The highest BCUT2D eigenvalue weighted by molar-refractivity contribution is 7.99. The largest absolute Gasteiger partial charge is 0.469 e. The number of carbonyl (C=O) groups is 1. The fourth-order valence-corrected chi connectivity index (χ4v) is 3.95. The molecule has 3 nitrogen and oxygen atoms in total. The molecule has 92 valence electrons. The van der Waals surface area contributed by atoms with E-state index in [2.05, 4.69) is 17.1 Å². The average Bonchev–Trinajstić information content (AvgIpc) is 2.39. The minimum Gasteiger partial charge on any atom is -0.469 e. The van der Waals surface area contributed by atoms with Crippen LogP contribution in [0.2, 0.25) is 0 Å². The number of nitrogens with one attached hydrogen (secondary N) is 1. The topological polar surface area (TPSA) is 38.3 Å². The van der Waals surface area contributed by atoms with Crippen molar-refractivity contribution in [3.63, 3.8) is 0 Å². The summed E-state index contributed by atoms with van der Waals surface area (Å²) in [5.74, 6) is 3.45. The summed E-state index contributed by atoms with van der Waals surface area (Å²) in [7, 11) is 1.50. The quantitative estimate of drug-likeness (QED) is 0.749. The molecule has 2 aliphatic rings. The number of rotatable bonds is 2. The molecule has 16 heavy (non-hydrogen) atoms. The van der Waals surface area contributed by atoms with E-state index in [-0.39, 0.29) is 11.9 Å². The van der Waals surface area contributed by atoms with Crippen LogP contribution in [-0.2, 0) is 9.53 Å². The number of ether oxygens (including phenoxy) is 1. The van der Waals surface area contributed by atoms with Gasteiger partial charge in [-0.25, -0.2) is 0 Å². The van der Waals surface area contributed by atoms with Gasteiger partial charge in [-0.15, -0.1) is 0 Å². The van der Waals surface area contributed by atoms with Gasteiger partial charge in [0.15, 0.2) is 0 Å². The summed E-state index contributed by atoms with van der Waals surface area (Å²) >= 11 is 2.05. The Morgan fingerprint density at radius 1 is 1.31 bits per heavy atom. The molecule has 0 radical (unpaired) electrons. The molecule has 2 saturated heterocycles. The second-order valence-corrected chi connectivity index (χ2v) is 5.98. The summed E-state index contributed by atoms with van der Waals surface area (Å²) < 4.78 is 4.85. The van der Waals surface area contributed by atoms with E-state index in [0.717, 1.165) is 25.3 Å². The maximum absolute atomic E-state index is 11.5. The number of piperidine rings is 1. The van der Waals surface area contributed by atoms with Crippen molar-refractivity contribution < 1.29 is 9.53 Å². The summed E-state index contributed by atoms with van der Waals surface area (Å²) in [6, 6.07) is 0.541. The van der Waals surface area contributed by atoms with Crippen LogP contribution < -0.4 is 5.32 Å². The van der Waals surface area contributed by atoms with E-state index in [9.17, 15) is 4.79 Å². The number of methoxy groups -OCH3 is 1. The van der Waals surface area contributed by atoms with Crippen LogP contribution in [0.25, 0.3) is 0 Å². The fourth-order valence-electron chi connectivity index (χ4n) is 2.81. The first kappa shape index (κ1) is 12.2. The maximum atomic E-state index is 11.5. The highest BCUT2D eigenvalue weighted by Gasteiger charge is 2.32. The number of hydrogen-bond donors (Lipinski definition) is 1. The molecule has 2 aliphatic heterocycles. The molecule has 0 bridgehead atoms. The minimum atomic E-state index is -0.0170. The Labute approximate surface area is 102 Å². The highest BCUT2D eigenvalue weighted by atomic mass is 32.2. The Kier molecular flexibility index (Phi) is 4.53. The molecule has 0 aromatic heterocycles. The third-order valence-corrected chi connectivity index (χ3v) is 4.86. The molecule has 2 heterocycles. The molecule has 0 saturated carbocycles. The predicted molar refractivity (Wildman–Crippen MR) is 66.6 cm³/mol. The molecule has 0 amide bonds. The van der Waals surface area contributed by atoms with Crippen molar-refractivity contribution in [2.24, 2.45) is 11.8 Å². The summed E-state index contributed by atoms with van der Waals surface area (Å²) in [5, 5.41) is 3.58. The standard InChI is InChI=1S/C12H21NO2S/c1-15-12(14)10-2-5-13-11(8-10)9-3-6-16-7-4-9/h9-11,13H,2-8H2,1H3. The number of thioether (sulfide) groups is 1. The van der Waals surface area contributed by atoms with Gasteiger partial charge in [0.05, 0.1) is 13.0 Å². The zero-order valence-electron chi connectivity index (χ0n) is 9.91. The van der Waals surface area contributed by atoms with Gasteiger partial charge >= 0.3 is 5.97 Å². The van der Waals surface area contributed by atoms with Gasteiger partial charge in [-0.1, -0.05) is 0 Å². The van der Waals surface area contributed by atoms with Gasteiger partial charge < -0.3 is 10.1 Å². The Morgan fingerprint density at radius 3 is 2.75 bits per heavy atom. The van der Waals surface area contributed by atoms with Gasteiger partial charge in [0.25, 0.3) is 0 Å². The molecule has 0 aromatic carbocycles. The van der Waals surface area contributed by atoms with E-state index >= 15 is 0 Å². The Morgan fingerprint density at radius 2 is 2.06 bits per heavy atom. The van der Waals surface area contributed by atoms with Crippen LogP contribution in [0.1, 0.15) is 25.7 Å². The second kappa shape index (κ2) is 5.92. The van der Waals surface area contributed by atoms with Gasteiger partial charge in [0.2, 0.25) is 0 Å². The molecule has 0 aliphatic carbocycles. The van der Waals surface area contributed by atoms with E-state index in [4.69, 9.17) is 4.74 Å². The van der Waals surface area contributed by atoms with Crippen molar-refractivity contribution in [1.29, 1.82) is 0 Å². The molecular formula is C12H21NO2S. The average molecular weight is 243 g/mol. The first-order chi connectivity index (χ1) is 7.81. The zero-order chi connectivity index (χ0) is 11.4. The molecule has 2 fully saturated rings. The maximum Gasteiger partial charge on any atom is 0.308 e. The molecule has 4 heteroatoms. The molecule has 0 spiro atoms. The van der Waals surface area contributed by atoms with Crippen molar-refractivity contribution in [2.75, 3.05) is 25.2 Å². The second-order valence-electron chi connectivity index (χ2n) is 4.75.